The van der Waals surface area contributed by atoms with E-state index in [1.165, 1.54) is 18.2 Å². The summed E-state index contributed by atoms with van der Waals surface area (Å²) in [5.41, 5.74) is 0.281. The number of phenolic OH excluding ortho intramolecular Hbond substituents is 1. The second-order valence-corrected chi connectivity index (χ2v) is 3.82. The maximum absolute atomic E-state index is 11.8. The maximum Gasteiger partial charge on any atom is 0.341 e. The van der Waals surface area contributed by atoms with E-state index in [1.807, 2.05) is 18.2 Å². The van der Waals surface area contributed by atoms with E-state index >= 15 is 0 Å². The standard InChI is InChI=1S/C15H14O4/c1-2-18-15(17)13-9-8-11(16)10-14(13)19-12-6-4-3-5-7-12/h3-10,16H,2H2,1H3. The molecule has 2 aromatic carbocycles. The molecule has 0 heterocycles. The number of esters is 1. The zero-order chi connectivity index (χ0) is 13.7. The summed E-state index contributed by atoms with van der Waals surface area (Å²) in [5, 5.41) is 9.50. The molecule has 0 radical (unpaired) electrons. The van der Waals surface area contributed by atoms with Gasteiger partial charge in [-0.2, -0.15) is 0 Å². The van der Waals surface area contributed by atoms with Gasteiger partial charge < -0.3 is 14.6 Å². The number of carbonyl (C=O) groups is 1. The molecule has 4 nitrogen and oxygen atoms in total. The van der Waals surface area contributed by atoms with Gasteiger partial charge in [0.2, 0.25) is 0 Å². The summed E-state index contributed by atoms with van der Waals surface area (Å²) < 4.78 is 10.5. The van der Waals surface area contributed by atoms with E-state index in [2.05, 4.69) is 0 Å². The highest BCUT2D eigenvalue weighted by Gasteiger charge is 2.15. The Morgan fingerprint density at radius 1 is 1.16 bits per heavy atom. The van der Waals surface area contributed by atoms with Gasteiger partial charge in [-0.25, -0.2) is 4.79 Å². The van der Waals surface area contributed by atoms with Crippen LogP contribution >= 0.6 is 0 Å². The monoisotopic (exact) mass is 258 g/mol. The summed E-state index contributed by atoms with van der Waals surface area (Å²) in [7, 11) is 0. The Hall–Kier alpha value is -2.49. The lowest BCUT2D eigenvalue weighted by molar-refractivity contribution is 0.0523. The molecule has 0 spiro atoms. The SMILES string of the molecule is CCOC(=O)c1ccc(O)cc1Oc1ccccc1. The van der Waals surface area contributed by atoms with Gasteiger partial charge in [0.15, 0.2) is 0 Å². The number of hydrogen-bond donors (Lipinski definition) is 1. The van der Waals surface area contributed by atoms with Crippen LogP contribution in [0.5, 0.6) is 17.2 Å². The van der Waals surface area contributed by atoms with Gasteiger partial charge in [0.25, 0.3) is 0 Å². The van der Waals surface area contributed by atoms with Gasteiger partial charge in [0.05, 0.1) is 6.61 Å². The van der Waals surface area contributed by atoms with Crippen LogP contribution in [0.15, 0.2) is 48.5 Å². The Morgan fingerprint density at radius 3 is 2.58 bits per heavy atom. The topological polar surface area (TPSA) is 55.8 Å². The van der Waals surface area contributed by atoms with Crippen molar-refractivity contribution < 1.29 is 19.4 Å². The number of hydrogen-bond acceptors (Lipinski definition) is 4. The summed E-state index contributed by atoms with van der Waals surface area (Å²) in [4.78, 5) is 11.8. The molecule has 0 aliphatic rings. The van der Waals surface area contributed by atoms with E-state index in [-0.39, 0.29) is 23.7 Å². The molecule has 98 valence electrons. The maximum atomic E-state index is 11.8. The minimum Gasteiger partial charge on any atom is -0.508 e. The van der Waals surface area contributed by atoms with Crippen LogP contribution in [0, 0.1) is 0 Å². The number of carbonyl (C=O) groups excluding carboxylic acids is 1. The first-order valence-corrected chi connectivity index (χ1v) is 5.93. The van der Waals surface area contributed by atoms with Crippen molar-refractivity contribution >= 4 is 5.97 Å². The number of aromatic hydroxyl groups is 1. The van der Waals surface area contributed by atoms with E-state index in [1.54, 1.807) is 19.1 Å². The Balaban J connectivity index is 2.32. The summed E-state index contributed by atoms with van der Waals surface area (Å²) >= 11 is 0. The fraction of sp³-hybridized carbons (Fsp3) is 0.133. The van der Waals surface area contributed by atoms with Crippen molar-refractivity contribution in [2.75, 3.05) is 6.61 Å². The van der Waals surface area contributed by atoms with Gasteiger partial charge >= 0.3 is 5.97 Å². The highest BCUT2D eigenvalue weighted by Crippen LogP contribution is 2.29. The minimum absolute atomic E-state index is 0.0268. The first-order valence-electron chi connectivity index (χ1n) is 5.93. The predicted molar refractivity (Wildman–Crippen MR) is 70.6 cm³/mol. The summed E-state index contributed by atoms with van der Waals surface area (Å²) in [6, 6.07) is 13.3. The van der Waals surface area contributed by atoms with Crippen molar-refractivity contribution in [1.82, 2.24) is 0 Å². The largest absolute Gasteiger partial charge is 0.508 e. The summed E-state index contributed by atoms with van der Waals surface area (Å²) in [5.74, 6) is 0.399. The fourth-order valence-electron chi connectivity index (χ4n) is 1.59. The first kappa shape index (κ1) is 13.0. The van der Waals surface area contributed by atoms with Crippen LogP contribution in [-0.4, -0.2) is 17.7 Å². The van der Waals surface area contributed by atoms with E-state index in [0.717, 1.165) is 0 Å². The molecule has 0 bridgehead atoms. The zero-order valence-corrected chi connectivity index (χ0v) is 10.5. The van der Waals surface area contributed by atoms with Crippen molar-refractivity contribution in [3.63, 3.8) is 0 Å². The Kier molecular flexibility index (Phi) is 4.03. The predicted octanol–water partition coefficient (Wildman–Crippen LogP) is 3.36. The van der Waals surface area contributed by atoms with E-state index in [9.17, 15) is 9.90 Å². The normalized spacial score (nSPS) is 9.95. The molecule has 2 aromatic rings. The summed E-state index contributed by atoms with van der Waals surface area (Å²) in [6.45, 7) is 2.01. The second kappa shape index (κ2) is 5.91. The minimum atomic E-state index is -0.478. The molecule has 0 atom stereocenters. The Morgan fingerprint density at radius 2 is 1.89 bits per heavy atom. The van der Waals surface area contributed by atoms with Crippen LogP contribution in [0.3, 0.4) is 0 Å². The van der Waals surface area contributed by atoms with E-state index < -0.39 is 5.97 Å². The molecule has 0 amide bonds. The number of ether oxygens (including phenoxy) is 2. The smallest absolute Gasteiger partial charge is 0.341 e. The Bertz CT molecular complexity index is 564. The Labute approximate surface area is 111 Å². The molecule has 2 rings (SSSR count). The van der Waals surface area contributed by atoms with Crippen LogP contribution in [0.4, 0.5) is 0 Å². The van der Waals surface area contributed by atoms with Gasteiger partial charge in [-0.05, 0) is 31.2 Å². The fourth-order valence-corrected chi connectivity index (χ4v) is 1.59. The lowest BCUT2D eigenvalue weighted by Gasteiger charge is -2.10. The van der Waals surface area contributed by atoms with Crippen LogP contribution < -0.4 is 4.74 Å². The average molecular weight is 258 g/mol. The third-order valence-corrected chi connectivity index (χ3v) is 2.43. The van der Waals surface area contributed by atoms with Gasteiger partial charge in [-0.1, -0.05) is 18.2 Å². The quantitative estimate of drug-likeness (QED) is 0.854. The molecular weight excluding hydrogens is 244 g/mol. The third-order valence-electron chi connectivity index (χ3n) is 2.43. The van der Waals surface area contributed by atoms with Crippen molar-refractivity contribution in [3.8, 4) is 17.2 Å². The second-order valence-electron chi connectivity index (χ2n) is 3.82. The van der Waals surface area contributed by atoms with Crippen molar-refractivity contribution in [3.05, 3.63) is 54.1 Å². The summed E-state index contributed by atoms with van der Waals surface area (Å²) in [6.07, 6.45) is 0. The molecule has 4 heteroatoms. The average Bonchev–Trinajstić information content (AvgIpc) is 2.40. The third kappa shape index (κ3) is 3.25. The van der Waals surface area contributed by atoms with E-state index in [0.29, 0.717) is 5.75 Å². The van der Waals surface area contributed by atoms with Crippen LogP contribution in [0.2, 0.25) is 0 Å². The van der Waals surface area contributed by atoms with Gasteiger partial charge in [0, 0.05) is 6.07 Å². The van der Waals surface area contributed by atoms with Crippen LogP contribution in [-0.2, 0) is 4.74 Å². The van der Waals surface area contributed by atoms with Crippen molar-refractivity contribution in [2.24, 2.45) is 0 Å². The molecule has 0 fully saturated rings. The zero-order valence-electron chi connectivity index (χ0n) is 10.5. The lowest BCUT2D eigenvalue weighted by Crippen LogP contribution is -2.06. The van der Waals surface area contributed by atoms with E-state index in [4.69, 9.17) is 9.47 Å². The molecule has 19 heavy (non-hydrogen) atoms. The molecule has 0 aromatic heterocycles. The number of phenols is 1. The molecule has 0 aliphatic carbocycles. The molecule has 0 aliphatic heterocycles. The highest BCUT2D eigenvalue weighted by molar-refractivity contribution is 5.92. The molecule has 0 saturated carbocycles. The van der Waals surface area contributed by atoms with Crippen LogP contribution in [0.25, 0.3) is 0 Å². The first-order chi connectivity index (χ1) is 9.20. The molecule has 1 N–H and O–H groups in total. The lowest BCUT2D eigenvalue weighted by atomic mass is 10.2. The van der Waals surface area contributed by atoms with Crippen LogP contribution in [0.1, 0.15) is 17.3 Å². The number of rotatable bonds is 4. The molecular formula is C15H14O4. The highest BCUT2D eigenvalue weighted by atomic mass is 16.5. The van der Waals surface area contributed by atoms with Crippen molar-refractivity contribution in [1.29, 1.82) is 0 Å². The molecule has 0 saturated heterocycles. The van der Waals surface area contributed by atoms with Crippen molar-refractivity contribution in [2.45, 2.75) is 6.92 Å². The van der Waals surface area contributed by atoms with Gasteiger partial charge in [0.1, 0.15) is 22.8 Å². The molecule has 0 unspecified atom stereocenters. The number of benzene rings is 2. The van der Waals surface area contributed by atoms with Gasteiger partial charge in [-0.3, -0.25) is 0 Å². The van der Waals surface area contributed by atoms with Gasteiger partial charge in [-0.15, -0.1) is 0 Å². The number of para-hydroxylation sites is 1.